The van der Waals surface area contributed by atoms with E-state index in [-0.39, 0.29) is 5.82 Å². The summed E-state index contributed by atoms with van der Waals surface area (Å²) in [6.45, 7) is 5.46. The van der Waals surface area contributed by atoms with Gasteiger partial charge in [-0.2, -0.15) is 0 Å². The van der Waals surface area contributed by atoms with Crippen LogP contribution in [0.3, 0.4) is 0 Å². The maximum atomic E-state index is 13.2. The second-order valence-electron chi connectivity index (χ2n) is 5.05. The number of hydrogen-bond donors (Lipinski definition) is 1. The Balaban J connectivity index is 1.64. The van der Waals surface area contributed by atoms with Crippen LogP contribution >= 0.6 is 0 Å². The highest BCUT2D eigenvalue weighted by Gasteiger charge is 2.10. The number of hydrogen-bond acceptors (Lipinski definition) is 3. The van der Waals surface area contributed by atoms with Crippen molar-refractivity contribution in [1.29, 1.82) is 0 Å². The molecule has 1 aromatic carbocycles. The van der Waals surface area contributed by atoms with Crippen LogP contribution in [0.1, 0.15) is 24.8 Å². The predicted molar refractivity (Wildman–Crippen MR) is 74.9 cm³/mol. The van der Waals surface area contributed by atoms with Crippen LogP contribution in [0.25, 0.3) is 0 Å². The third-order valence-electron chi connectivity index (χ3n) is 3.57. The number of benzene rings is 1. The zero-order valence-electron chi connectivity index (χ0n) is 11.6. The van der Waals surface area contributed by atoms with Gasteiger partial charge in [-0.25, -0.2) is 4.39 Å². The second kappa shape index (κ2) is 7.46. The van der Waals surface area contributed by atoms with E-state index >= 15 is 0 Å². The number of ether oxygens (including phenoxy) is 1. The summed E-state index contributed by atoms with van der Waals surface area (Å²) in [5.74, 6) is 0.0108. The van der Waals surface area contributed by atoms with Crippen LogP contribution in [-0.2, 0) is 6.54 Å². The molecule has 3 nitrogen and oxygen atoms in total. The lowest BCUT2D eigenvalue weighted by Crippen LogP contribution is -2.24. The van der Waals surface area contributed by atoms with Crippen LogP contribution in [0.5, 0.6) is 5.75 Å². The number of nitrogens with one attached hydrogen (secondary N) is 1. The van der Waals surface area contributed by atoms with E-state index in [2.05, 4.69) is 10.2 Å². The molecule has 1 aliphatic heterocycles. The van der Waals surface area contributed by atoms with E-state index in [1.54, 1.807) is 12.1 Å². The van der Waals surface area contributed by atoms with Crippen molar-refractivity contribution in [1.82, 2.24) is 10.2 Å². The molecule has 4 heteroatoms. The largest absolute Gasteiger partial charge is 0.494 e. The first-order chi connectivity index (χ1) is 9.29. The van der Waals surface area contributed by atoms with Gasteiger partial charge < -0.3 is 15.0 Å². The number of rotatable bonds is 7. The third kappa shape index (κ3) is 4.48. The van der Waals surface area contributed by atoms with Gasteiger partial charge in [-0.15, -0.1) is 0 Å². The first-order valence-electron chi connectivity index (χ1n) is 7.05. The van der Waals surface area contributed by atoms with Gasteiger partial charge in [0.05, 0.1) is 7.11 Å². The van der Waals surface area contributed by atoms with Gasteiger partial charge in [0.25, 0.3) is 0 Å². The number of methoxy groups -OCH3 is 1. The molecule has 106 valence electrons. The SMILES string of the molecule is COc1cc(CNCCCN2CCCC2)ccc1F. The van der Waals surface area contributed by atoms with Crippen molar-refractivity contribution in [3.8, 4) is 5.75 Å². The lowest BCUT2D eigenvalue weighted by Gasteiger charge is -2.14. The van der Waals surface area contributed by atoms with Crippen molar-refractivity contribution in [2.75, 3.05) is 33.3 Å². The van der Waals surface area contributed by atoms with Crippen LogP contribution in [0, 0.1) is 5.82 Å². The monoisotopic (exact) mass is 266 g/mol. The molecular formula is C15H23FN2O. The highest BCUT2D eigenvalue weighted by molar-refractivity contribution is 5.30. The Labute approximate surface area is 114 Å². The molecule has 0 spiro atoms. The molecule has 0 saturated carbocycles. The number of nitrogens with zero attached hydrogens (tertiary/aromatic N) is 1. The maximum absolute atomic E-state index is 13.2. The van der Waals surface area contributed by atoms with Gasteiger partial charge >= 0.3 is 0 Å². The minimum absolute atomic E-state index is 0.305. The van der Waals surface area contributed by atoms with E-state index in [4.69, 9.17) is 4.74 Å². The molecule has 2 rings (SSSR count). The first kappa shape index (κ1) is 14.3. The Morgan fingerprint density at radius 3 is 2.84 bits per heavy atom. The molecule has 0 atom stereocenters. The summed E-state index contributed by atoms with van der Waals surface area (Å²) in [7, 11) is 1.49. The molecule has 0 aliphatic carbocycles. The first-order valence-corrected chi connectivity index (χ1v) is 7.05. The Morgan fingerprint density at radius 1 is 1.32 bits per heavy atom. The molecule has 1 fully saturated rings. The molecule has 1 N–H and O–H groups in total. The fourth-order valence-electron chi connectivity index (χ4n) is 2.48. The van der Waals surface area contributed by atoms with Crippen LogP contribution in [0.4, 0.5) is 4.39 Å². The summed E-state index contributed by atoms with van der Waals surface area (Å²) in [4.78, 5) is 2.52. The summed E-state index contributed by atoms with van der Waals surface area (Å²) < 4.78 is 18.2. The van der Waals surface area contributed by atoms with Crippen molar-refractivity contribution in [2.24, 2.45) is 0 Å². The predicted octanol–water partition coefficient (Wildman–Crippen LogP) is 2.41. The molecule has 0 aromatic heterocycles. The van der Waals surface area contributed by atoms with E-state index in [0.717, 1.165) is 18.7 Å². The smallest absolute Gasteiger partial charge is 0.165 e. The number of halogens is 1. The van der Waals surface area contributed by atoms with Gasteiger partial charge in [0.15, 0.2) is 11.6 Å². The van der Waals surface area contributed by atoms with E-state index in [0.29, 0.717) is 5.75 Å². The maximum Gasteiger partial charge on any atom is 0.165 e. The van der Waals surface area contributed by atoms with Gasteiger partial charge in [0.2, 0.25) is 0 Å². The van der Waals surface area contributed by atoms with E-state index in [9.17, 15) is 4.39 Å². The van der Waals surface area contributed by atoms with Crippen LogP contribution in [-0.4, -0.2) is 38.2 Å². The topological polar surface area (TPSA) is 24.5 Å². The lowest BCUT2D eigenvalue weighted by molar-refractivity contribution is 0.331. The van der Waals surface area contributed by atoms with Crippen LogP contribution < -0.4 is 10.1 Å². The molecule has 0 bridgehead atoms. The molecular weight excluding hydrogens is 243 g/mol. The van der Waals surface area contributed by atoms with Gasteiger partial charge in [0, 0.05) is 6.54 Å². The molecule has 1 saturated heterocycles. The van der Waals surface area contributed by atoms with Gasteiger partial charge in [-0.1, -0.05) is 6.07 Å². The molecule has 1 aliphatic rings. The fourth-order valence-corrected chi connectivity index (χ4v) is 2.48. The third-order valence-corrected chi connectivity index (χ3v) is 3.57. The van der Waals surface area contributed by atoms with Gasteiger partial charge in [0.1, 0.15) is 0 Å². The minimum Gasteiger partial charge on any atom is -0.494 e. The molecule has 0 unspecified atom stereocenters. The molecule has 0 amide bonds. The summed E-state index contributed by atoms with van der Waals surface area (Å²) in [6.07, 6.45) is 3.87. The Kier molecular flexibility index (Phi) is 5.61. The Hall–Kier alpha value is -1.13. The average molecular weight is 266 g/mol. The van der Waals surface area contributed by atoms with Crippen LogP contribution in [0.2, 0.25) is 0 Å². The van der Waals surface area contributed by atoms with Crippen LogP contribution in [0.15, 0.2) is 18.2 Å². The second-order valence-corrected chi connectivity index (χ2v) is 5.05. The van der Waals surface area contributed by atoms with E-state index in [1.807, 2.05) is 0 Å². The van der Waals surface area contributed by atoms with E-state index < -0.39 is 0 Å². The molecule has 19 heavy (non-hydrogen) atoms. The summed E-state index contributed by atoms with van der Waals surface area (Å²) in [5.41, 5.74) is 1.06. The van der Waals surface area contributed by atoms with Gasteiger partial charge in [-0.05, 0) is 63.1 Å². The van der Waals surface area contributed by atoms with Crippen molar-refractivity contribution in [3.63, 3.8) is 0 Å². The number of likely N-dealkylation sites (tertiary alicyclic amines) is 1. The Morgan fingerprint density at radius 2 is 2.11 bits per heavy atom. The van der Waals surface area contributed by atoms with Crippen molar-refractivity contribution in [2.45, 2.75) is 25.8 Å². The zero-order chi connectivity index (χ0) is 13.5. The van der Waals surface area contributed by atoms with Crippen molar-refractivity contribution < 1.29 is 9.13 Å². The highest BCUT2D eigenvalue weighted by atomic mass is 19.1. The standard InChI is InChI=1S/C15H23FN2O/c1-19-15-11-13(5-6-14(15)16)12-17-7-4-10-18-8-2-3-9-18/h5-6,11,17H,2-4,7-10,12H2,1H3. The average Bonchev–Trinajstić information content (AvgIpc) is 2.93. The van der Waals surface area contributed by atoms with Gasteiger partial charge in [-0.3, -0.25) is 0 Å². The van der Waals surface area contributed by atoms with Crippen molar-refractivity contribution in [3.05, 3.63) is 29.6 Å². The summed E-state index contributed by atoms with van der Waals surface area (Å²) in [5, 5.41) is 3.39. The quantitative estimate of drug-likeness (QED) is 0.767. The molecule has 0 radical (unpaired) electrons. The molecule has 1 heterocycles. The highest BCUT2D eigenvalue weighted by Crippen LogP contribution is 2.17. The normalized spacial score (nSPS) is 15.9. The lowest BCUT2D eigenvalue weighted by atomic mass is 10.2. The van der Waals surface area contributed by atoms with Crippen molar-refractivity contribution >= 4 is 0 Å². The van der Waals surface area contributed by atoms with E-state index in [1.165, 1.54) is 52.1 Å². The summed E-state index contributed by atoms with van der Waals surface area (Å²) in [6, 6.07) is 5.01. The fraction of sp³-hybridized carbons (Fsp3) is 0.600. The zero-order valence-corrected chi connectivity index (χ0v) is 11.6. The minimum atomic E-state index is -0.305. The summed E-state index contributed by atoms with van der Waals surface area (Å²) >= 11 is 0. The molecule has 1 aromatic rings. The Bertz CT molecular complexity index is 392.